The maximum atomic E-state index is 12.3. The predicted molar refractivity (Wildman–Crippen MR) is 80.9 cm³/mol. The summed E-state index contributed by atoms with van der Waals surface area (Å²) in [6, 6.07) is 9.89. The summed E-state index contributed by atoms with van der Waals surface area (Å²) in [5.74, 6) is 0.820. The van der Waals surface area contributed by atoms with Crippen molar-refractivity contribution in [1.29, 1.82) is 0 Å². The Morgan fingerprint density at radius 2 is 1.87 bits per heavy atom. The first-order chi connectivity index (χ1) is 10.9. The summed E-state index contributed by atoms with van der Waals surface area (Å²) in [5, 5.41) is 10.3. The van der Waals surface area contributed by atoms with Crippen LogP contribution in [-0.4, -0.2) is 17.9 Å². The van der Waals surface area contributed by atoms with Crippen molar-refractivity contribution in [3.63, 3.8) is 0 Å². The van der Waals surface area contributed by atoms with Gasteiger partial charge < -0.3 is 9.84 Å². The van der Waals surface area contributed by atoms with Gasteiger partial charge in [-0.25, -0.2) is 0 Å². The van der Waals surface area contributed by atoms with E-state index in [4.69, 9.17) is 4.74 Å². The van der Waals surface area contributed by atoms with Gasteiger partial charge in [0.15, 0.2) is 0 Å². The normalized spacial score (nSPS) is 20.0. The van der Waals surface area contributed by atoms with Crippen molar-refractivity contribution in [3.8, 4) is 0 Å². The van der Waals surface area contributed by atoms with Gasteiger partial charge in [-0.3, -0.25) is 0 Å². The summed E-state index contributed by atoms with van der Waals surface area (Å²) in [6.07, 6.45) is -1.85. The maximum absolute atomic E-state index is 12.3. The second kappa shape index (κ2) is 6.30. The Labute approximate surface area is 133 Å². The van der Waals surface area contributed by atoms with Crippen molar-refractivity contribution in [1.82, 2.24) is 0 Å². The highest BCUT2D eigenvalue weighted by Crippen LogP contribution is 2.48. The van der Waals surface area contributed by atoms with E-state index in [1.807, 2.05) is 30.3 Å². The van der Waals surface area contributed by atoms with E-state index in [1.54, 1.807) is 0 Å². The fourth-order valence-corrected chi connectivity index (χ4v) is 3.04. The molecule has 2 nitrogen and oxygen atoms in total. The Kier molecular flexibility index (Phi) is 4.37. The fourth-order valence-electron chi connectivity index (χ4n) is 3.04. The van der Waals surface area contributed by atoms with Gasteiger partial charge in [0.25, 0.3) is 0 Å². The van der Waals surface area contributed by atoms with Crippen LogP contribution < -0.4 is 0 Å². The van der Waals surface area contributed by atoms with Gasteiger partial charge in [0.2, 0.25) is 0 Å². The molecule has 1 unspecified atom stereocenters. The Morgan fingerprint density at radius 1 is 1.17 bits per heavy atom. The second-order valence-corrected chi connectivity index (χ2v) is 6.15. The van der Waals surface area contributed by atoms with Gasteiger partial charge in [-0.15, -0.1) is 0 Å². The minimum absolute atomic E-state index is 0.0641. The molecule has 5 heteroatoms. The van der Waals surface area contributed by atoms with E-state index in [0.717, 1.165) is 24.0 Å². The predicted octanol–water partition coefficient (Wildman–Crippen LogP) is 5.25. The van der Waals surface area contributed by atoms with Crippen LogP contribution in [0.5, 0.6) is 0 Å². The van der Waals surface area contributed by atoms with Gasteiger partial charge in [0.1, 0.15) is 18.1 Å². The average Bonchev–Trinajstić information content (AvgIpc) is 3.33. The van der Waals surface area contributed by atoms with Gasteiger partial charge in [-0.1, -0.05) is 30.3 Å². The molecule has 1 aliphatic carbocycles. The second-order valence-electron chi connectivity index (χ2n) is 6.15. The van der Waals surface area contributed by atoms with E-state index in [0.29, 0.717) is 5.92 Å². The Balaban J connectivity index is 1.80. The first-order valence-corrected chi connectivity index (χ1v) is 7.81. The zero-order valence-electron chi connectivity index (χ0n) is 12.6. The highest BCUT2D eigenvalue weighted by Gasteiger charge is 2.37. The van der Waals surface area contributed by atoms with Gasteiger partial charge in [0, 0.05) is 24.0 Å². The molecular weight excluding hydrogens is 305 g/mol. The van der Waals surface area contributed by atoms with Crippen molar-refractivity contribution in [2.45, 2.75) is 37.8 Å². The molecule has 124 valence electrons. The third-order valence-corrected chi connectivity index (χ3v) is 4.32. The molecule has 1 aliphatic heterocycles. The molecule has 3 rings (SSSR count). The molecule has 23 heavy (non-hydrogen) atoms. The molecule has 0 saturated heterocycles. The molecule has 1 saturated carbocycles. The number of alkyl halides is 3. The quantitative estimate of drug-likeness (QED) is 0.801. The van der Waals surface area contributed by atoms with Crippen LogP contribution in [0.1, 0.15) is 37.2 Å². The highest BCUT2D eigenvalue weighted by atomic mass is 19.4. The number of hydrogen-bond donors (Lipinski definition) is 1. The topological polar surface area (TPSA) is 29.5 Å². The van der Waals surface area contributed by atoms with Crippen LogP contribution in [-0.2, 0) is 4.74 Å². The molecule has 1 aromatic rings. The Hall–Kier alpha value is -1.91. The van der Waals surface area contributed by atoms with Crippen molar-refractivity contribution < 1.29 is 23.0 Å². The highest BCUT2D eigenvalue weighted by molar-refractivity contribution is 5.38. The Morgan fingerprint density at radius 3 is 2.43 bits per heavy atom. The molecule has 1 heterocycles. The van der Waals surface area contributed by atoms with E-state index in [-0.39, 0.29) is 30.5 Å². The number of allylic oxidation sites excluding steroid dienone is 2. The summed E-state index contributed by atoms with van der Waals surface area (Å²) in [6.45, 7) is 0.158. The summed E-state index contributed by atoms with van der Waals surface area (Å²) in [4.78, 5) is 0. The lowest BCUT2D eigenvalue weighted by Gasteiger charge is -2.26. The number of hydrogen-bond acceptors (Lipinski definition) is 2. The largest absolute Gasteiger partial charge is 0.508 e. The van der Waals surface area contributed by atoms with E-state index in [9.17, 15) is 18.3 Å². The number of halogens is 3. The van der Waals surface area contributed by atoms with Crippen molar-refractivity contribution in [3.05, 3.63) is 59.1 Å². The first-order valence-electron chi connectivity index (χ1n) is 7.81. The van der Waals surface area contributed by atoms with Crippen LogP contribution in [0.2, 0.25) is 0 Å². The van der Waals surface area contributed by atoms with E-state index in [2.05, 4.69) is 0 Å². The third kappa shape index (κ3) is 4.09. The maximum Gasteiger partial charge on any atom is 0.389 e. The van der Waals surface area contributed by atoms with Crippen LogP contribution >= 0.6 is 0 Å². The van der Waals surface area contributed by atoms with Gasteiger partial charge in [-0.05, 0) is 24.3 Å². The van der Waals surface area contributed by atoms with Crippen LogP contribution in [0, 0.1) is 5.92 Å². The van der Waals surface area contributed by atoms with Crippen LogP contribution in [0.15, 0.2) is 53.5 Å². The van der Waals surface area contributed by atoms with Gasteiger partial charge in [-0.2, -0.15) is 13.2 Å². The van der Waals surface area contributed by atoms with Crippen LogP contribution in [0.25, 0.3) is 0 Å². The molecule has 2 aliphatic rings. The van der Waals surface area contributed by atoms with Crippen LogP contribution in [0.3, 0.4) is 0 Å². The molecule has 1 aromatic carbocycles. The van der Waals surface area contributed by atoms with Crippen molar-refractivity contribution in [2.24, 2.45) is 5.92 Å². The summed E-state index contributed by atoms with van der Waals surface area (Å²) < 4.78 is 42.4. The number of aliphatic hydroxyl groups is 1. The molecule has 1 atom stereocenters. The number of aliphatic hydroxyl groups excluding tert-OH is 1. The summed E-state index contributed by atoms with van der Waals surface area (Å²) in [7, 11) is 0. The molecular formula is C18H19F3O2. The minimum atomic E-state index is -4.22. The lowest BCUT2D eigenvalue weighted by atomic mass is 9.85. The molecule has 0 bridgehead atoms. The standard InChI is InChI=1S/C18H19F3O2/c19-18(20,21)9-8-14-10-16(22)15(11-23-14)17(13-6-7-13)12-4-2-1-3-5-12/h1-5,10,13,17,22H,6-9,11H2. The molecule has 1 fully saturated rings. The number of ether oxygens (including phenoxy) is 1. The molecule has 1 N–H and O–H groups in total. The molecule has 0 radical (unpaired) electrons. The monoisotopic (exact) mass is 324 g/mol. The Bertz CT molecular complexity index is 613. The molecule has 0 aromatic heterocycles. The third-order valence-electron chi connectivity index (χ3n) is 4.32. The zero-order valence-corrected chi connectivity index (χ0v) is 12.6. The van der Waals surface area contributed by atoms with E-state index in [1.165, 1.54) is 6.08 Å². The zero-order chi connectivity index (χ0) is 16.4. The average molecular weight is 324 g/mol. The molecule has 0 spiro atoms. The van der Waals surface area contributed by atoms with Gasteiger partial charge in [0.05, 0.1) is 6.42 Å². The van der Waals surface area contributed by atoms with Crippen LogP contribution in [0.4, 0.5) is 13.2 Å². The van der Waals surface area contributed by atoms with Crippen molar-refractivity contribution >= 4 is 0 Å². The summed E-state index contributed by atoms with van der Waals surface area (Å²) >= 11 is 0. The number of rotatable bonds is 5. The number of benzene rings is 1. The minimum Gasteiger partial charge on any atom is -0.508 e. The smallest absolute Gasteiger partial charge is 0.389 e. The van der Waals surface area contributed by atoms with Crippen molar-refractivity contribution in [2.75, 3.05) is 6.61 Å². The summed E-state index contributed by atoms with van der Waals surface area (Å²) in [5.41, 5.74) is 1.89. The first kappa shape index (κ1) is 16.0. The SMILES string of the molecule is OC1=C(C(c2ccccc2)C2CC2)COC(CCC(F)(F)F)=C1. The lowest BCUT2D eigenvalue weighted by molar-refractivity contribution is -0.135. The fraction of sp³-hybridized carbons (Fsp3) is 0.444. The van der Waals surface area contributed by atoms with E-state index >= 15 is 0 Å². The lowest BCUT2D eigenvalue weighted by Crippen LogP contribution is -2.17. The van der Waals surface area contributed by atoms with E-state index < -0.39 is 12.6 Å². The van der Waals surface area contributed by atoms with Gasteiger partial charge >= 0.3 is 6.18 Å². The molecule has 0 amide bonds.